The van der Waals surface area contributed by atoms with E-state index in [1.807, 2.05) is 13.8 Å². The zero-order valence-electron chi connectivity index (χ0n) is 10.7. The summed E-state index contributed by atoms with van der Waals surface area (Å²) in [5.41, 5.74) is 5.63. The third-order valence-electron chi connectivity index (χ3n) is 3.58. The molecule has 1 aromatic rings. The number of pyridine rings is 1. The molecule has 5 heteroatoms. The van der Waals surface area contributed by atoms with Crippen LogP contribution in [0, 0.1) is 0 Å². The van der Waals surface area contributed by atoms with Crippen molar-refractivity contribution in [1.29, 1.82) is 0 Å². The minimum atomic E-state index is -0.559. The molecule has 0 unspecified atom stereocenters. The summed E-state index contributed by atoms with van der Waals surface area (Å²) >= 11 is 5.89. The topological polar surface area (TPSA) is 59.2 Å². The van der Waals surface area contributed by atoms with Gasteiger partial charge in [0.15, 0.2) is 5.78 Å². The summed E-state index contributed by atoms with van der Waals surface area (Å²) in [5.74, 6) is 0.230. The minimum Gasteiger partial charge on any atom is -0.383 e. The lowest BCUT2D eigenvalue weighted by atomic mass is 9.92. The van der Waals surface area contributed by atoms with Gasteiger partial charge in [-0.25, -0.2) is 4.98 Å². The highest BCUT2D eigenvalue weighted by Gasteiger charge is 2.37. The lowest BCUT2D eigenvalue weighted by Gasteiger charge is -2.34. The van der Waals surface area contributed by atoms with E-state index in [1.165, 1.54) is 6.20 Å². The van der Waals surface area contributed by atoms with Crippen molar-refractivity contribution in [2.24, 2.45) is 0 Å². The van der Waals surface area contributed by atoms with Gasteiger partial charge >= 0.3 is 0 Å². The number of nitrogens with zero attached hydrogens (tertiary/aromatic N) is 2. The summed E-state index contributed by atoms with van der Waals surface area (Å²) in [6.45, 7) is 5.77. The fraction of sp³-hybridized carbons (Fsp3) is 0.538. The number of aromatic nitrogens is 1. The van der Waals surface area contributed by atoms with Gasteiger partial charge in [-0.1, -0.05) is 11.6 Å². The molecule has 1 fully saturated rings. The predicted octanol–water partition coefficient (Wildman–Crippen LogP) is 2.37. The number of carbonyl (C=O) groups is 1. The second-order valence-electron chi connectivity index (χ2n) is 5.17. The van der Waals surface area contributed by atoms with Gasteiger partial charge < -0.3 is 5.73 Å². The Morgan fingerprint density at radius 1 is 1.44 bits per heavy atom. The molecule has 0 aliphatic carbocycles. The van der Waals surface area contributed by atoms with Gasteiger partial charge in [0.2, 0.25) is 0 Å². The maximum atomic E-state index is 12.6. The molecule has 0 saturated carbocycles. The van der Waals surface area contributed by atoms with Gasteiger partial charge in [0.25, 0.3) is 0 Å². The summed E-state index contributed by atoms with van der Waals surface area (Å²) in [5, 5.41) is 0.435. The van der Waals surface area contributed by atoms with Crippen molar-refractivity contribution in [1.82, 2.24) is 9.88 Å². The first-order valence-electron chi connectivity index (χ1n) is 6.14. The molecule has 0 bridgehead atoms. The number of hydrogen-bond acceptors (Lipinski definition) is 4. The van der Waals surface area contributed by atoms with Crippen LogP contribution < -0.4 is 5.73 Å². The van der Waals surface area contributed by atoms with E-state index in [9.17, 15) is 4.79 Å². The molecular weight excluding hydrogens is 250 g/mol. The van der Waals surface area contributed by atoms with Crippen LogP contribution in [0.15, 0.2) is 12.3 Å². The van der Waals surface area contributed by atoms with Gasteiger partial charge in [0.1, 0.15) is 5.82 Å². The third-order valence-corrected chi connectivity index (χ3v) is 3.79. The first kappa shape index (κ1) is 13.3. The van der Waals surface area contributed by atoms with Crippen molar-refractivity contribution in [3.63, 3.8) is 0 Å². The van der Waals surface area contributed by atoms with E-state index < -0.39 is 5.54 Å². The molecule has 0 amide bonds. The maximum Gasteiger partial charge on any atom is 0.186 e. The monoisotopic (exact) mass is 267 g/mol. The Bertz CT molecular complexity index is 467. The predicted molar refractivity (Wildman–Crippen MR) is 72.9 cm³/mol. The summed E-state index contributed by atoms with van der Waals surface area (Å²) in [6.07, 6.45) is 3.73. The van der Waals surface area contributed by atoms with Crippen molar-refractivity contribution in [3.8, 4) is 0 Å². The van der Waals surface area contributed by atoms with Crippen LogP contribution in [-0.4, -0.2) is 34.3 Å². The number of hydrogen-bond donors (Lipinski definition) is 1. The molecule has 0 aromatic carbocycles. The number of nitrogens with two attached hydrogens (primary N) is 1. The fourth-order valence-corrected chi connectivity index (χ4v) is 2.54. The lowest BCUT2D eigenvalue weighted by molar-refractivity contribution is 0.0703. The van der Waals surface area contributed by atoms with Crippen LogP contribution in [0.3, 0.4) is 0 Å². The Morgan fingerprint density at radius 2 is 2.06 bits per heavy atom. The van der Waals surface area contributed by atoms with Crippen molar-refractivity contribution < 1.29 is 4.79 Å². The summed E-state index contributed by atoms with van der Waals surface area (Å²) in [7, 11) is 0. The first-order valence-corrected chi connectivity index (χ1v) is 6.51. The summed E-state index contributed by atoms with van der Waals surface area (Å²) < 4.78 is 0. The Labute approximate surface area is 112 Å². The molecule has 1 aromatic heterocycles. The van der Waals surface area contributed by atoms with Crippen molar-refractivity contribution >= 4 is 23.2 Å². The number of ketones is 1. The molecule has 0 radical (unpaired) electrons. The van der Waals surface area contributed by atoms with Crippen LogP contribution in [0.2, 0.25) is 5.02 Å². The Kier molecular flexibility index (Phi) is 3.59. The standard InChI is InChI=1S/C13H18ClN3O/c1-13(2,17-5-3-4-6-17)11(18)10-7-9(14)8-16-12(10)15/h7-8H,3-6H2,1-2H3,(H2,15,16). The van der Waals surface area contributed by atoms with Crippen molar-refractivity contribution in [3.05, 3.63) is 22.8 Å². The zero-order chi connectivity index (χ0) is 13.3. The molecule has 0 spiro atoms. The van der Waals surface area contributed by atoms with Gasteiger partial charge in [-0.3, -0.25) is 9.69 Å². The van der Waals surface area contributed by atoms with E-state index in [1.54, 1.807) is 6.07 Å². The number of carbonyl (C=O) groups excluding carboxylic acids is 1. The molecule has 1 aliphatic heterocycles. The first-order chi connectivity index (χ1) is 8.43. The molecule has 18 heavy (non-hydrogen) atoms. The quantitative estimate of drug-likeness (QED) is 0.855. The van der Waals surface area contributed by atoms with E-state index in [2.05, 4.69) is 9.88 Å². The van der Waals surface area contributed by atoms with Gasteiger partial charge in [-0.2, -0.15) is 0 Å². The second-order valence-corrected chi connectivity index (χ2v) is 5.61. The van der Waals surface area contributed by atoms with Gasteiger partial charge in [-0.15, -0.1) is 0 Å². The van der Waals surface area contributed by atoms with Crippen molar-refractivity contribution in [2.75, 3.05) is 18.8 Å². The molecule has 2 heterocycles. The molecule has 1 saturated heterocycles. The number of halogens is 1. The largest absolute Gasteiger partial charge is 0.383 e. The SMILES string of the molecule is CC(C)(C(=O)c1cc(Cl)cnc1N)N1CCCC1. The molecule has 1 aliphatic rings. The van der Waals surface area contributed by atoms with Crippen LogP contribution in [0.4, 0.5) is 5.82 Å². The minimum absolute atomic E-state index is 0.0168. The van der Waals surface area contributed by atoms with E-state index in [4.69, 9.17) is 17.3 Å². The number of anilines is 1. The van der Waals surface area contributed by atoms with E-state index in [0.717, 1.165) is 25.9 Å². The van der Waals surface area contributed by atoms with Crippen LogP contribution in [0.25, 0.3) is 0 Å². The number of likely N-dealkylation sites (tertiary alicyclic amines) is 1. The zero-order valence-corrected chi connectivity index (χ0v) is 11.5. The van der Waals surface area contributed by atoms with Crippen LogP contribution in [0.1, 0.15) is 37.0 Å². The van der Waals surface area contributed by atoms with Gasteiger partial charge in [0.05, 0.1) is 16.1 Å². The smallest absolute Gasteiger partial charge is 0.186 e. The Hall–Kier alpha value is -1.13. The highest BCUT2D eigenvalue weighted by molar-refractivity contribution is 6.31. The fourth-order valence-electron chi connectivity index (χ4n) is 2.38. The van der Waals surface area contributed by atoms with E-state index in [-0.39, 0.29) is 11.6 Å². The molecule has 2 N–H and O–H groups in total. The van der Waals surface area contributed by atoms with Crippen molar-refractivity contribution in [2.45, 2.75) is 32.2 Å². The Balaban J connectivity index is 2.32. The molecule has 2 rings (SSSR count). The third kappa shape index (κ3) is 2.35. The normalized spacial score (nSPS) is 17.1. The molecule has 0 atom stereocenters. The highest BCUT2D eigenvalue weighted by atomic mass is 35.5. The average molecular weight is 268 g/mol. The molecule has 4 nitrogen and oxygen atoms in total. The van der Waals surface area contributed by atoms with E-state index in [0.29, 0.717) is 10.6 Å². The number of nitrogen functional groups attached to an aromatic ring is 1. The molecular formula is C13H18ClN3O. The van der Waals surface area contributed by atoms with Crippen LogP contribution >= 0.6 is 11.6 Å². The molecule has 98 valence electrons. The second kappa shape index (κ2) is 4.86. The summed E-state index contributed by atoms with van der Waals surface area (Å²) in [4.78, 5) is 18.7. The number of Topliss-reactive ketones (excluding diaryl/α,β-unsaturated/α-hetero) is 1. The van der Waals surface area contributed by atoms with Gasteiger partial charge in [0, 0.05) is 6.20 Å². The van der Waals surface area contributed by atoms with Gasteiger partial charge in [-0.05, 0) is 45.8 Å². The maximum absolute atomic E-state index is 12.6. The Morgan fingerprint density at radius 3 is 2.67 bits per heavy atom. The lowest BCUT2D eigenvalue weighted by Crippen LogP contribution is -2.48. The van der Waals surface area contributed by atoms with Crippen LogP contribution in [0.5, 0.6) is 0 Å². The van der Waals surface area contributed by atoms with Crippen LogP contribution in [-0.2, 0) is 0 Å². The van der Waals surface area contributed by atoms with E-state index >= 15 is 0 Å². The number of rotatable bonds is 3. The average Bonchev–Trinajstić information content (AvgIpc) is 2.85. The highest BCUT2D eigenvalue weighted by Crippen LogP contribution is 2.27. The summed E-state index contributed by atoms with van der Waals surface area (Å²) in [6, 6.07) is 1.60.